The number of rotatable bonds is 7. The molecule has 0 unspecified atom stereocenters. The van der Waals surface area contributed by atoms with Crippen LogP contribution in [0.4, 0.5) is 41.1 Å². The van der Waals surface area contributed by atoms with Crippen LogP contribution < -0.4 is 20.3 Å². The number of anilines is 4. The Kier molecular flexibility index (Phi) is 7.26. The van der Waals surface area contributed by atoms with E-state index in [1.54, 1.807) is 45.0 Å². The van der Waals surface area contributed by atoms with Gasteiger partial charge < -0.3 is 20.5 Å². The first-order valence-electron chi connectivity index (χ1n) is 10.2. The molecule has 180 valence electrons. The number of aromatic nitrogens is 2. The van der Waals surface area contributed by atoms with Gasteiger partial charge in [-0.3, -0.25) is 0 Å². The molecule has 0 fully saturated rings. The van der Waals surface area contributed by atoms with E-state index in [-0.39, 0.29) is 11.8 Å². The summed E-state index contributed by atoms with van der Waals surface area (Å²) < 4.78 is 46.2. The Morgan fingerprint density at radius 2 is 1.74 bits per heavy atom. The van der Waals surface area contributed by atoms with Crippen LogP contribution in [0.5, 0.6) is 5.75 Å². The molecule has 0 aliphatic carbocycles. The van der Waals surface area contributed by atoms with E-state index in [1.807, 2.05) is 0 Å². The molecule has 11 heteroatoms. The molecule has 34 heavy (non-hydrogen) atoms. The molecule has 0 saturated carbocycles. The summed E-state index contributed by atoms with van der Waals surface area (Å²) in [5, 5.41) is 15.4. The van der Waals surface area contributed by atoms with E-state index in [0.717, 1.165) is 4.90 Å². The Hall–Kier alpha value is -3.86. The minimum atomic E-state index is -1.38. The number of urea groups is 1. The Labute approximate surface area is 194 Å². The third-order valence-electron chi connectivity index (χ3n) is 5.06. The number of aliphatic hydroxyl groups is 1. The SMILES string of the molecule is COc1ccc(N(C(=O)Nc2cc(F)c(F)cc2F)c2ccnc(N[C@@H](C)C(C)(C)O)n2)cc1. The Balaban J connectivity index is 2.00. The van der Waals surface area contributed by atoms with Crippen LogP contribution in [0.3, 0.4) is 0 Å². The first kappa shape index (κ1) is 24.8. The fourth-order valence-electron chi connectivity index (χ4n) is 2.79. The van der Waals surface area contributed by atoms with E-state index in [9.17, 15) is 23.1 Å². The van der Waals surface area contributed by atoms with Crippen LogP contribution >= 0.6 is 0 Å². The summed E-state index contributed by atoms with van der Waals surface area (Å²) in [4.78, 5) is 22.7. The third kappa shape index (κ3) is 5.73. The van der Waals surface area contributed by atoms with Crippen LogP contribution in [-0.4, -0.2) is 39.9 Å². The van der Waals surface area contributed by atoms with Crippen LogP contribution in [0, 0.1) is 17.5 Å². The van der Waals surface area contributed by atoms with Crippen LogP contribution in [0.2, 0.25) is 0 Å². The predicted molar refractivity (Wildman–Crippen MR) is 122 cm³/mol. The molecule has 2 aromatic carbocycles. The van der Waals surface area contributed by atoms with E-state index in [1.165, 1.54) is 19.4 Å². The molecule has 1 atom stereocenters. The topological polar surface area (TPSA) is 99.6 Å². The summed E-state index contributed by atoms with van der Waals surface area (Å²) in [6.45, 7) is 4.96. The average molecular weight is 475 g/mol. The number of benzene rings is 2. The molecule has 3 aromatic rings. The van der Waals surface area contributed by atoms with E-state index in [2.05, 4.69) is 20.6 Å². The van der Waals surface area contributed by atoms with Gasteiger partial charge in [-0.05, 0) is 45.0 Å². The largest absolute Gasteiger partial charge is 0.497 e. The number of hydrogen-bond acceptors (Lipinski definition) is 6. The van der Waals surface area contributed by atoms with E-state index in [4.69, 9.17) is 4.74 Å². The van der Waals surface area contributed by atoms with Crippen LogP contribution in [-0.2, 0) is 0 Å². The maximum Gasteiger partial charge on any atom is 0.332 e. The normalized spacial score (nSPS) is 12.1. The van der Waals surface area contributed by atoms with Gasteiger partial charge in [0.1, 0.15) is 17.4 Å². The first-order valence-corrected chi connectivity index (χ1v) is 10.2. The first-order chi connectivity index (χ1) is 16.0. The highest BCUT2D eigenvalue weighted by atomic mass is 19.2. The van der Waals surface area contributed by atoms with Gasteiger partial charge in [-0.15, -0.1) is 0 Å². The summed E-state index contributed by atoms with van der Waals surface area (Å²) >= 11 is 0. The Bertz CT molecular complexity index is 1170. The summed E-state index contributed by atoms with van der Waals surface area (Å²) in [6, 6.07) is 7.32. The van der Waals surface area contributed by atoms with Crippen molar-refractivity contribution < 1.29 is 27.8 Å². The summed E-state index contributed by atoms with van der Waals surface area (Å²) in [7, 11) is 1.48. The smallest absolute Gasteiger partial charge is 0.332 e. The van der Waals surface area contributed by atoms with Crippen molar-refractivity contribution in [1.82, 2.24) is 9.97 Å². The quantitative estimate of drug-likeness (QED) is 0.423. The molecule has 0 aliphatic rings. The minimum absolute atomic E-state index is 0.0890. The van der Waals surface area contributed by atoms with Crippen molar-refractivity contribution >= 4 is 29.2 Å². The van der Waals surface area contributed by atoms with Gasteiger partial charge >= 0.3 is 6.03 Å². The Morgan fingerprint density at radius 3 is 2.35 bits per heavy atom. The molecule has 3 N–H and O–H groups in total. The molecule has 0 bridgehead atoms. The molecule has 0 spiro atoms. The van der Waals surface area contributed by atoms with E-state index >= 15 is 0 Å². The van der Waals surface area contributed by atoms with Gasteiger partial charge in [0, 0.05) is 24.4 Å². The molecule has 0 saturated heterocycles. The average Bonchev–Trinajstić information content (AvgIpc) is 2.78. The molecule has 0 aliphatic heterocycles. The lowest BCUT2D eigenvalue weighted by Gasteiger charge is -2.27. The van der Waals surface area contributed by atoms with Crippen molar-refractivity contribution in [2.24, 2.45) is 0 Å². The van der Waals surface area contributed by atoms with Gasteiger partial charge in [0.25, 0.3) is 0 Å². The fourth-order valence-corrected chi connectivity index (χ4v) is 2.79. The number of carbonyl (C=O) groups excluding carboxylic acids is 1. The Morgan fingerprint density at radius 1 is 1.09 bits per heavy atom. The monoisotopic (exact) mass is 475 g/mol. The number of methoxy groups -OCH3 is 1. The number of halogens is 3. The van der Waals surface area contributed by atoms with Crippen LogP contribution in [0.25, 0.3) is 0 Å². The molecule has 1 aromatic heterocycles. The van der Waals surface area contributed by atoms with Gasteiger partial charge in [0.15, 0.2) is 11.6 Å². The van der Waals surface area contributed by atoms with Gasteiger partial charge in [0.05, 0.1) is 30.1 Å². The number of carbonyl (C=O) groups is 1. The van der Waals surface area contributed by atoms with Crippen molar-refractivity contribution in [3.8, 4) is 5.75 Å². The summed E-state index contributed by atoms with van der Waals surface area (Å²) in [5.41, 5.74) is -1.32. The zero-order valence-electron chi connectivity index (χ0n) is 18.9. The molecule has 2 amide bonds. The fraction of sp³-hybridized carbons (Fsp3) is 0.261. The van der Waals surface area contributed by atoms with Crippen molar-refractivity contribution in [1.29, 1.82) is 0 Å². The number of nitrogens with one attached hydrogen (secondary N) is 2. The van der Waals surface area contributed by atoms with Crippen molar-refractivity contribution in [3.05, 3.63) is 66.1 Å². The molecule has 0 radical (unpaired) electrons. The maximum absolute atomic E-state index is 14.2. The maximum atomic E-state index is 14.2. The van der Waals surface area contributed by atoms with Gasteiger partial charge in [-0.1, -0.05) is 0 Å². The molecule has 1 heterocycles. The second-order valence-electron chi connectivity index (χ2n) is 7.97. The lowest BCUT2D eigenvalue weighted by Crippen LogP contribution is -2.40. The molecule has 8 nitrogen and oxygen atoms in total. The number of nitrogens with zero attached hydrogens (tertiary/aromatic N) is 3. The third-order valence-corrected chi connectivity index (χ3v) is 5.06. The number of ether oxygens (including phenoxy) is 1. The second kappa shape index (κ2) is 9.96. The highest BCUT2D eigenvalue weighted by Gasteiger charge is 2.25. The lowest BCUT2D eigenvalue weighted by atomic mass is 10.0. The van der Waals surface area contributed by atoms with Crippen LogP contribution in [0.1, 0.15) is 20.8 Å². The highest BCUT2D eigenvalue weighted by molar-refractivity contribution is 6.06. The highest BCUT2D eigenvalue weighted by Crippen LogP contribution is 2.28. The number of hydrogen-bond donors (Lipinski definition) is 3. The molecule has 3 rings (SSSR count). The van der Waals surface area contributed by atoms with Gasteiger partial charge in [0.2, 0.25) is 5.95 Å². The van der Waals surface area contributed by atoms with Crippen LogP contribution in [0.15, 0.2) is 48.7 Å². The summed E-state index contributed by atoms with van der Waals surface area (Å²) in [6.07, 6.45) is 1.39. The van der Waals surface area contributed by atoms with Crippen molar-refractivity contribution in [3.63, 3.8) is 0 Å². The van der Waals surface area contributed by atoms with E-state index in [0.29, 0.717) is 23.6 Å². The molecular weight excluding hydrogens is 451 g/mol. The second-order valence-corrected chi connectivity index (χ2v) is 7.97. The van der Waals surface area contributed by atoms with Crippen molar-refractivity contribution in [2.75, 3.05) is 22.6 Å². The van der Waals surface area contributed by atoms with E-state index < -0.39 is 40.8 Å². The molecular formula is C23H24F3N5O3. The number of amides is 2. The standard InChI is InChI=1S/C23H24F3N5O3/c1-13(23(2,3)33)28-21-27-10-9-20(30-21)31(14-5-7-15(34-4)8-6-14)22(32)29-19-12-17(25)16(24)11-18(19)26/h5-13,33H,1-4H3,(H,29,32)(H,27,28,30)/t13-/m0/s1. The van der Waals surface area contributed by atoms with Gasteiger partial charge in [-0.2, -0.15) is 4.98 Å². The minimum Gasteiger partial charge on any atom is -0.497 e. The van der Waals surface area contributed by atoms with Gasteiger partial charge in [-0.25, -0.2) is 27.8 Å². The summed E-state index contributed by atoms with van der Waals surface area (Å²) in [5.74, 6) is -3.11. The lowest BCUT2D eigenvalue weighted by molar-refractivity contribution is 0.0646. The van der Waals surface area contributed by atoms with Crippen molar-refractivity contribution in [2.45, 2.75) is 32.4 Å². The zero-order valence-corrected chi connectivity index (χ0v) is 18.9. The zero-order chi connectivity index (χ0) is 25.0. The predicted octanol–water partition coefficient (Wildman–Crippen LogP) is 4.84.